The maximum atomic E-state index is 12.2. The summed E-state index contributed by atoms with van der Waals surface area (Å²) in [6, 6.07) is 12.2. The largest absolute Gasteiger partial charge is 0.497 e. The molecule has 4 N–H and O–H groups in total. The topological polar surface area (TPSA) is 119 Å². The number of hydrogen-bond acceptors (Lipinski definition) is 8. The first kappa shape index (κ1) is 21.8. The number of nitrogens with zero attached hydrogens (tertiary/aromatic N) is 4. The SMILES string of the molecule is COc1ccc(/C=N/Nc2nnc(SCC(=O)Nc3cc(Cl)ccc3Cl)n2N)cc1. The lowest BCUT2D eigenvalue weighted by Crippen LogP contribution is -2.17. The van der Waals surface area contributed by atoms with Crippen LogP contribution in [0.15, 0.2) is 52.7 Å². The fraction of sp³-hybridized carbons (Fsp3) is 0.111. The number of anilines is 2. The molecule has 156 valence electrons. The maximum Gasteiger partial charge on any atom is 0.264 e. The summed E-state index contributed by atoms with van der Waals surface area (Å²) in [6.45, 7) is 0. The predicted molar refractivity (Wildman–Crippen MR) is 120 cm³/mol. The van der Waals surface area contributed by atoms with Crippen molar-refractivity contribution in [3.8, 4) is 5.75 Å². The minimum absolute atomic E-state index is 0.0489. The molecule has 1 aromatic heterocycles. The van der Waals surface area contributed by atoms with Gasteiger partial charge in [0.25, 0.3) is 5.95 Å². The van der Waals surface area contributed by atoms with Crippen molar-refractivity contribution < 1.29 is 9.53 Å². The Bertz CT molecular complexity index is 1060. The number of methoxy groups -OCH3 is 1. The third-order valence-corrected chi connectivity index (χ3v) is 5.20. The number of hydrazone groups is 1. The summed E-state index contributed by atoms with van der Waals surface area (Å²) < 4.78 is 6.31. The molecule has 0 unspecified atom stereocenters. The number of aromatic nitrogens is 3. The van der Waals surface area contributed by atoms with Crippen LogP contribution in [0.1, 0.15) is 5.56 Å². The number of ether oxygens (including phenoxy) is 1. The highest BCUT2D eigenvalue weighted by Gasteiger charge is 2.13. The summed E-state index contributed by atoms with van der Waals surface area (Å²) in [5.41, 5.74) is 4.00. The first-order valence-electron chi connectivity index (χ1n) is 8.47. The highest BCUT2D eigenvalue weighted by Crippen LogP contribution is 2.26. The average molecular weight is 466 g/mol. The number of nitrogens with two attached hydrogens (primary N) is 1. The molecule has 0 aliphatic carbocycles. The lowest BCUT2D eigenvalue weighted by atomic mass is 10.2. The van der Waals surface area contributed by atoms with Crippen LogP contribution in [-0.2, 0) is 4.79 Å². The molecule has 0 bridgehead atoms. The molecule has 0 saturated heterocycles. The fourth-order valence-electron chi connectivity index (χ4n) is 2.22. The number of nitrogen functional groups attached to an aromatic ring is 1. The minimum Gasteiger partial charge on any atom is -0.497 e. The zero-order valence-electron chi connectivity index (χ0n) is 15.7. The van der Waals surface area contributed by atoms with E-state index in [2.05, 4.69) is 26.0 Å². The quantitative estimate of drug-likeness (QED) is 0.201. The number of amides is 1. The Hall–Kier alpha value is -2.95. The van der Waals surface area contributed by atoms with Crippen LogP contribution in [0.25, 0.3) is 0 Å². The van der Waals surface area contributed by atoms with Gasteiger partial charge in [-0.3, -0.25) is 4.79 Å². The van der Waals surface area contributed by atoms with Crippen LogP contribution < -0.4 is 21.3 Å². The molecular weight excluding hydrogens is 449 g/mol. The van der Waals surface area contributed by atoms with Gasteiger partial charge >= 0.3 is 0 Å². The molecule has 12 heteroatoms. The molecule has 0 aliphatic heterocycles. The summed E-state index contributed by atoms with van der Waals surface area (Å²) in [5.74, 6) is 6.69. The number of carbonyl (C=O) groups excluding carboxylic acids is 1. The number of hydrogen-bond donors (Lipinski definition) is 3. The molecule has 0 radical (unpaired) electrons. The highest BCUT2D eigenvalue weighted by atomic mass is 35.5. The van der Waals surface area contributed by atoms with Gasteiger partial charge in [-0.15, -0.1) is 10.2 Å². The van der Waals surface area contributed by atoms with Crippen LogP contribution in [0.4, 0.5) is 11.6 Å². The first-order valence-corrected chi connectivity index (χ1v) is 10.2. The maximum absolute atomic E-state index is 12.2. The average Bonchev–Trinajstić information content (AvgIpc) is 3.09. The van der Waals surface area contributed by atoms with Crippen LogP contribution in [-0.4, -0.2) is 39.9 Å². The normalized spacial score (nSPS) is 10.9. The Labute approximate surface area is 186 Å². The van der Waals surface area contributed by atoms with E-state index in [0.29, 0.717) is 20.9 Å². The standard InChI is InChI=1S/C18H17Cl2N7O2S/c1-29-13-5-2-11(3-6-13)9-22-24-17-25-26-18(27(17)21)30-10-16(28)23-15-8-12(19)4-7-14(15)20/h2-9H,10,21H2,1H3,(H,23,28)(H,24,25)/b22-9+. The highest BCUT2D eigenvalue weighted by molar-refractivity contribution is 7.99. The van der Waals surface area contributed by atoms with Crippen LogP contribution in [0.5, 0.6) is 5.75 Å². The van der Waals surface area contributed by atoms with Gasteiger partial charge < -0.3 is 15.9 Å². The van der Waals surface area contributed by atoms with E-state index in [-0.39, 0.29) is 17.6 Å². The number of thioether (sulfide) groups is 1. The van der Waals surface area contributed by atoms with Gasteiger partial charge in [0.2, 0.25) is 11.1 Å². The van der Waals surface area contributed by atoms with E-state index in [1.165, 1.54) is 4.68 Å². The third-order valence-electron chi connectivity index (χ3n) is 3.69. The van der Waals surface area contributed by atoms with E-state index < -0.39 is 0 Å². The number of nitrogens with one attached hydrogen (secondary N) is 2. The van der Waals surface area contributed by atoms with Gasteiger partial charge in [0.05, 0.1) is 29.8 Å². The Morgan fingerprint density at radius 1 is 1.27 bits per heavy atom. The Balaban J connectivity index is 1.53. The van der Waals surface area contributed by atoms with Gasteiger partial charge in [0.1, 0.15) is 5.75 Å². The Morgan fingerprint density at radius 3 is 2.77 bits per heavy atom. The zero-order valence-corrected chi connectivity index (χ0v) is 18.0. The Morgan fingerprint density at radius 2 is 2.03 bits per heavy atom. The summed E-state index contributed by atoms with van der Waals surface area (Å²) >= 11 is 13.1. The molecule has 0 spiro atoms. The van der Waals surface area contributed by atoms with Crippen molar-refractivity contribution in [2.75, 3.05) is 29.4 Å². The van der Waals surface area contributed by atoms with Crippen molar-refractivity contribution in [3.63, 3.8) is 0 Å². The second-order valence-corrected chi connectivity index (χ2v) is 7.57. The number of halogens is 2. The van der Waals surface area contributed by atoms with Crippen LogP contribution in [0, 0.1) is 0 Å². The molecule has 30 heavy (non-hydrogen) atoms. The van der Waals surface area contributed by atoms with Gasteiger partial charge in [0, 0.05) is 5.02 Å². The summed E-state index contributed by atoms with van der Waals surface area (Å²) in [5, 5.41) is 15.8. The van der Waals surface area contributed by atoms with E-state index in [1.807, 2.05) is 24.3 Å². The summed E-state index contributed by atoms with van der Waals surface area (Å²) in [6.07, 6.45) is 1.60. The number of carbonyl (C=O) groups is 1. The molecule has 0 saturated carbocycles. The number of benzene rings is 2. The van der Waals surface area contributed by atoms with E-state index >= 15 is 0 Å². The second-order valence-electron chi connectivity index (χ2n) is 5.78. The summed E-state index contributed by atoms with van der Waals surface area (Å²) in [4.78, 5) is 12.2. The van der Waals surface area contributed by atoms with Gasteiger partial charge in [-0.2, -0.15) is 5.10 Å². The van der Waals surface area contributed by atoms with Crippen molar-refractivity contribution in [3.05, 3.63) is 58.1 Å². The lowest BCUT2D eigenvalue weighted by molar-refractivity contribution is -0.113. The van der Waals surface area contributed by atoms with Crippen molar-refractivity contribution >= 4 is 58.7 Å². The molecule has 1 amide bonds. The summed E-state index contributed by atoms with van der Waals surface area (Å²) in [7, 11) is 1.60. The van der Waals surface area contributed by atoms with Gasteiger partial charge in [0.15, 0.2) is 0 Å². The van der Waals surface area contributed by atoms with Gasteiger partial charge in [-0.25, -0.2) is 10.1 Å². The van der Waals surface area contributed by atoms with E-state index in [9.17, 15) is 4.79 Å². The number of rotatable bonds is 8. The van der Waals surface area contributed by atoms with Crippen molar-refractivity contribution in [2.45, 2.75) is 5.16 Å². The van der Waals surface area contributed by atoms with E-state index in [4.69, 9.17) is 33.8 Å². The zero-order chi connectivity index (χ0) is 21.5. The van der Waals surface area contributed by atoms with Crippen molar-refractivity contribution in [2.24, 2.45) is 5.10 Å². The first-order chi connectivity index (χ1) is 14.5. The second kappa shape index (κ2) is 10.2. The van der Waals surface area contributed by atoms with Crippen LogP contribution in [0.2, 0.25) is 10.0 Å². The van der Waals surface area contributed by atoms with Crippen LogP contribution >= 0.6 is 35.0 Å². The molecule has 2 aromatic carbocycles. The fourth-order valence-corrected chi connectivity index (χ4v) is 3.21. The van der Waals surface area contributed by atoms with Crippen molar-refractivity contribution in [1.82, 2.24) is 14.9 Å². The van der Waals surface area contributed by atoms with E-state index in [0.717, 1.165) is 23.1 Å². The molecule has 0 fully saturated rings. The molecule has 9 nitrogen and oxygen atoms in total. The molecule has 3 rings (SSSR count). The van der Waals surface area contributed by atoms with Crippen molar-refractivity contribution in [1.29, 1.82) is 0 Å². The van der Waals surface area contributed by atoms with Gasteiger partial charge in [-0.05, 0) is 48.0 Å². The lowest BCUT2D eigenvalue weighted by Gasteiger charge is -2.07. The van der Waals surface area contributed by atoms with E-state index in [1.54, 1.807) is 31.5 Å². The van der Waals surface area contributed by atoms with Gasteiger partial charge in [-0.1, -0.05) is 35.0 Å². The predicted octanol–water partition coefficient (Wildman–Crippen LogP) is 3.48. The molecule has 1 heterocycles. The third kappa shape index (κ3) is 5.78. The monoisotopic (exact) mass is 465 g/mol. The minimum atomic E-state index is -0.292. The molecular formula is C18H17Cl2N7O2S. The molecule has 3 aromatic rings. The Kier molecular flexibility index (Phi) is 7.39. The van der Waals surface area contributed by atoms with Crippen LogP contribution in [0.3, 0.4) is 0 Å². The molecule has 0 aliphatic rings. The molecule has 0 atom stereocenters. The smallest absolute Gasteiger partial charge is 0.264 e.